The van der Waals surface area contributed by atoms with E-state index in [0.717, 1.165) is 16.7 Å². The zero-order valence-electron chi connectivity index (χ0n) is 15.4. The largest absolute Gasteiger partial charge is 0.392 e. The number of hydrogen-bond acceptors (Lipinski definition) is 2. The Morgan fingerprint density at radius 1 is 0.962 bits per heavy atom. The third-order valence-corrected chi connectivity index (χ3v) is 7.72. The molecule has 0 atom stereocenters. The summed E-state index contributed by atoms with van der Waals surface area (Å²) in [5.74, 6) is 0. The van der Waals surface area contributed by atoms with Crippen LogP contribution in [0.1, 0.15) is 27.1 Å². The van der Waals surface area contributed by atoms with Gasteiger partial charge < -0.3 is 5.11 Å². The van der Waals surface area contributed by atoms with E-state index in [2.05, 4.69) is 80.0 Å². The molecule has 0 amide bonds. The number of hydrogen-bond donors (Lipinski definition) is 1. The fourth-order valence-electron chi connectivity index (χ4n) is 3.92. The number of fused-ring (bicyclic) bond motifs is 2. The molecular formula is C23H21BrOS. The smallest absolute Gasteiger partial charge is 0.0686 e. The van der Waals surface area contributed by atoms with E-state index in [9.17, 15) is 5.11 Å². The summed E-state index contributed by atoms with van der Waals surface area (Å²) in [6.07, 6.45) is 0. The van der Waals surface area contributed by atoms with E-state index in [1.165, 1.54) is 46.9 Å². The normalized spacial score (nSPS) is 11.6. The number of halogens is 1. The summed E-state index contributed by atoms with van der Waals surface area (Å²) >= 11 is 5.72. The van der Waals surface area contributed by atoms with Gasteiger partial charge in [-0.15, -0.1) is 11.3 Å². The van der Waals surface area contributed by atoms with Crippen LogP contribution in [0.2, 0.25) is 0 Å². The standard InChI is InChI=1S/C23H21BrOS/c1-12-9-16(10-13(2)19(12)11-25)21-17-7-5-6-8-18(17)22(24)23-20(21)14(3)15(4)26-23/h5-10,25H,11H2,1-4H3. The van der Waals surface area contributed by atoms with Gasteiger partial charge in [0.05, 0.1) is 11.3 Å². The molecule has 0 unspecified atom stereocenters. The molecule has 0 bridgehead atoms. The van der Waals surface area contributed by atoms with Crippen molar-refractivity contribution in [2.24, 2.45) is 0 Å². The molecule has 0 spiro atoms. The Hall–Kier alpha value is -1.68. The lowest BCUT2D eigenvalue weighted by molar-refractivity contribution is 0.280. The van der Waals surface area contributed by atoms with Gasteiger partial charge >= 0.3 is 0 Å². The molecule has 3 aromatic carbocycles. The van der Waals surface area contributed by atoms with Gasteiger partial charge in [-0.2, -0.15) is 0 Å². The van der Waals surface area contributed by atoms with Crippen LogP contribution in [0.15, 0.2) is 40.9 Å². The zero-order chi connectivity index (χ0) is 18.6. The summed E-state index contributed by atoms with van der Waals surface area (Å²) in [4.78, 5) is 1.36. The van der Waals surface area contributed by atoms with Crippen LogP contribution in [0.3, 0.4) is 0 Å². The number of aliphatic hydroxyl groups excluding tert-OH is 1. The second-order valence-corrected chi connectivity index (χ2v) is 8.99. The number of benzene rings is 3. The van der Waals surface area contributed by atoms with Crippen LogP contribution in [-0.4, -0.2) is 5.11 Å². The van der Waals surface area contributed by atoms with E-state index in [0.29, 0.717) is 0 Å². The van der Waals surface area contributed by atoms with Crippen molar-refractivity contribution in [3.05, 3.63) is 68.0 Å². The Bertz CT molecular complexity index is 1150. The molecule has 26 heavy (non-hydrogen) atoms. The highest BCUT2D eigenvalue weighted by atomic mass is 79.9. The van der Waals surface area contributed by atoms with Gasteiger partial charge in [0.1, 0.15) is 0 Å². The summed E-state index contributed by atoms with van der Waals surface area (Å²) in [7, 11) is 0. The van der Waals surface area contributed by atoms with Crippen molar-refractivity contribution in [3.8, 4) is 11.1 Å². The molecule has 0 saturated heterocycles. The van der Waals surface area contributed by atoms with E-state index in [-0.39, 0.29) is 6.61 Å². The zero-order valence-corrected chi connectivity index (χ0v) is 17.8. The third-order valence-electron chi connectivity index (χ3n) is 5.41. The lowest BCUT2D eigenvalue weighted by atomic mass is 9.89. The number of rotatable bonds is 2. The minimum atomic E-state index is 0.0883. The topological polar surface area (TPSA) is 20.2 Å². The molecule has 1 heterocycles. The maximum atomic E-state index is 9.68. The Balaban J connectivity index is 2.23. The third kappa shape index (κ3) is 2.53. The van der Waals surface area contributed by atoms with Gasteiger partial charge in [-0.1, -0.05) is 36.4 Å². The van der Waals surface area contributed by atoms with Crippen molar-refractivity contribution in [3.63, 3.8) is 0 Å². The summed E-state index contributed by atoms with van der Waals surface area (Å²) < 4.78 is 2.50. The summed E-state index contributed by atoms with van der Waals surface area (Å²) in [5, 5.41) is 13.5. The summed E-state index contributed by atoms with van der Waals surface area (Å²) in [6, 6.07) is 13.1. The first-order valence-corrected chi connectivity index (χ1v) is 10.4. The quantitative estimate of drug-likeness (QED) is 0.360. The lowest BCUT2D eigenvalue weighted by Gasteiger charge is -2.16. The van der Waals surface area contributed by atoms with E-state index in [1.54, 1.807) is 0 Å². The number of aryl methyl sites for hydroxylation is 4. The van der Waals surface area contributed by atoms with E-state index < -0.39 is 0 Å². The Labute approximate surface area is 166 Å². The SMILES string of the molecule is Cc1cc(-c2c3ccccc3c(Br)c3sc(C)c(C)c23)cc(C)c1CO. The van der Waals surface area contributed by atoms with Crippen molar-refractivity contribution in [1.29, 1.82) is 0 Å². The minimum absolute atomic E-state index is 0.0883. The molecular weight excluding hydrogens is 404 g/mol. The average Bonchev–Trinajstić information content (AvgIpc) is 2.91. The summed E-state index contributed by atoms with van der Waals surface area (Å²) in [5.41, 5.74) is 7.21. The van der Waals surface area contributed by atoms with Crippen molar-refractivity contribution in [2.45, 2.75) is 34.3 Å². The molecule has 0 aliphatic carbocycles. The second-order valence-electron chi connectivity index (χ2n) is 6.97. The van der Waals surface area contributed by atoms with E-state index >= 15 is 0 Å². The molecule has 0 aliphatic heterocycles. The van der Waals surface area contributed by atoms with E-state index in [1.807, 2.05) is 11.3 Å². The molecule has 0 aliphatic rings. The molecule has 4 aromatic rings. The molecule has 0 fully saturated rings. The highest BCUT2D eigenvalue weighted by Gasteiger charge is 2.19. The van der Waals surface area contributed by atoms with E-state index in [4.69, 9.17) is 0 Å². The maximum Gasteiger partial charge on any atom is 0.0686 e. The monoisotopic (exact) mass is 424 g/mol. The molecule has 0 saturated carbocycles. The highest BCUT2D eigenvalue weighted by molar-refractivity contribution is 9.11. The van der Waals surface area contributed by atoms with Gasteiger partial charge in [0.2, 0.25) is 0 Å². The van der Waals surface area contributed by atoms with Crippen LogP contribution in [0.25, 0.3) is 32.0 Å². The average molecular weight is 425 g/mol. The molecule has 1 aromatic heterocycles. The van der Waals surface area contributed by atoms with Crippen LogP contribution in [-0.2, 0) is 6.61 Å². The minimum Gasteiger partial charge on any atom is -0.392 e. The summed E-state index contributed by atoms with van der Waals surface area (Å²) in [6.45, 7) is 8.69. The van der Waals surface area contributed by atoms with Gasteiger partial charge in [0.15, 0.2) is 0 Å². The predicted octanol–water partition coefficient (Wildman–Crippen LogP) is 7.21. The number of thiophene rings is 1. The first-order valence-electron chi connectivity index (χ1n) is 8.75. The van der Waals surface area contributed by atoms with Crippen LogP contribution in [0.4, 0.5) is 0 Å². The van der Waals surface area contributed by atoms with Crippen molar-refractivity contribution in [1.82, 2.24) is 0 Å². The fourth-order valence-corrected chi connectivity index (χ4v) is 5.82. The fraction of sp³-hybridized carbons (Fsp3) is 0.217. The first kappa shape index (κ1) is 17.7. The van der Waals surface area contributed by atoms with Crippen molar-refractivity contribution in [2.75, 3.05) is 0 Å². The highest BCUT2D eigenvalue weighted by Crippen LogP contribution is 2.47. The molecule has 132 valence electrons. The first-order chi connectivity index (χ1) is 12.4. The van der Waals surface area contributed by atoms with Gasteiger partial charge in [0.25, 0.3) is 0 Å². The predicted molar refractivity (Wildman–Crippen MR) is 117 cm³/mol. The van der Waals surface area contributed by atoms with Gasteiger partial charge in [-0.05, 0) is 87.8 Å². The Kier molecular flexibility index (Phi) is 4.42. The van der Waals surface area contributed by atoms with Crippen LogP contribution in [0.5, 0.6) is 0 Å². The maximum absolute atomic E-state index is 9.68. The molecule has 0 radical (unpaired) electrons. The molecule has 1 nitrogen and oxygen atoms in total. The molecule has 1 N–H and O–H groups in total. The van der Waals surface area contributed by atoms with Crippen molar-refractivity contribution >= 4 is 48.1 Å². The van der Waals surface area contributed by atoms with Crippen LogP contribution in [0, 0.1) is 27.7 Å². The van der Waals surface area contributed by atoms with Gasteiger partial charge in [0, 0.05) is 14.7 Å². The van der Waals surface area contributed by atoms with Gasteiger partial charge in [-0.3, -0.25) is 0 Å². The van der Waals surface area contributed by atoms with Crippen LogP contribution < -0.4 is 0 Å². The Morgan fingerprint density at radius 3 is 2.19 bits per heavy atom. The number of aliphatic hydroxyl groups is 1. The van der Waals surface area contributed by atoms with Gasteiger partial charge in [-0.25, -0.2) is 0 Å². The Morgan fingerprint density at radius 2 is 1.58 bits per heavy atom. The molecule has 3 heteroatoms. The second kappa shape index (κ2) is 6.49. The lowest BCUT2D eigenvalue weighted by Crippen LogP contribution is -1.95. The van der Waals surface area contributed by atoms with Crippen molar-refractivity contribution < 1.29 is 5.11 Å². The van der Waals surface area contributed by atoms with Crippen LogP contribution >= 0.6 is 27.3 Å². The molecule has 4 rings (SSSR count).